The molecule has 1 aromatic carbocycles. The zero-order chi connectivity index (χ0) is 12.3. The second kappa shape index (κ2) is 5.13. The number of anilines is 2. The first-order valence-electron chi connectivity index (χ1n) is 4.84. The summed E-state index contributed by atoms with van der Waals surface area (Å²) in [5.74, 6) is -0.0102. The van der Waals surface area contributed by atoms with E-state index in [1.54, 1.807) is 0 Å². The molecular formula is C10H10IN5O. The largest absolute Gasteiger partial charge is 0.367 e. The van der Waals surface area contributed by atoms with E-state index in [1.807, 2.05) is 24.3 Å². The van der Waals surface area contributed by atoms with E-state index in [0.717, 1.165) is 9.26 Å². The lowest BCUT2D eigenvalue weighted by Crippen LogP contribution is -2.19. The minimum absolute atomic E-state index is 0.0929. The summed E-state index contributed by atoms with van der Waals surface area (Å²) in [6.07, 6.45) is 1.42. The van der Waals surface area contributed by atoms with E-state index in [-0.39, 0.29) is 18.4 Å². The van der Waals surface area contributed by atoms with Crippen LogP contribution in [0.25, 0.3) is 0 Å². The molecule has 3 N–H and O–H groups in total. The molecule has 1 aromatic heterocycles. The van der Waals surface area contributed by atoms with Gasteiger partial charge in [0, 0.05) is 9.26 Å². The number of rotatable bonds is 3. The maximum absolute atomic E-state index is 11.7. The summed E-state index contributed by atoms with van der Waals surface area (Å²) >= 11 is 2.18. The molecule has 0 radical (unpaired) electrons. The maximum Gasteiger partial charge on any atom is 0.246 e. The Kier molecular flexibility index (Phi) is 3.57. The van der Waals surface area contributed by atoms with Gasteiger partial charge in [-0.1, -0.05) is 6.07 Å². The Balaban J connectivity index is 1.98. The van der Waals surface area contributed by atoms with Crippen molar-refractivity contribution in [3.05, 3.63) is 34.2 Å². The number of nitrogens with two attached hydrogens (primary N) is 1. The van der Waals surface area contributed by atoms with Crippen LogP contribution in [0.1, 0.15) is 0 Å². The smallest absolute Gasteiger partial charge is 0.246 e. The summed E-state index contributed by atoms with van der Waals surface area (Å²) in [6.45, 7) is 0.0929. The summed E-state index contributed by atoms with van der Waals surface area (Å²) in [5, 5.41) is 6.60. The van der Waals surface area contributed by atoms with Crippen molar-refractivity contribution in [3.8, 4) is 0 Å². The number of benzene rings is 1. The molecule has 0 bridgehead atoms. The van der Waals surface area contributed by atoms with Crippen LogP contribution in [-0.4, -0.2) is 20.7 Å². The second-order valence-corrected chi connectivity index (χ2v) is 4.60. The fourth-order valence-electron chi connectivity index (χ4n) is 1.30. The number of carbonyl (C=O) groups is 1. The number of nitrogen functional groups attached to an aromatic ring is 1. The van der Waals surface area contributed by atoms with E-state index in [4.69, 9.17) is 5.73 Å². The fraction of sp³-hybridized carbons (Fsp3) is 0.100. The Hall–Kier alpha value is -1.64. The molecule has 2 aromatic rings. The monoisotopic (exact) mass is 343 g/mol. The van der Waals surface area contributed by atoms with E-state index in [9.17, 15) is 4.79 Å². The van der Waals surface area contributed by atoms with Crippen molar-refractivity contribution in [2.45, 2.75) is 6.54 Å². The van der Waals surface area contributed by atoms with E-state index in [1.165, 1.54) is 11.0 Å². The SMILES string of the molecule is Nc1ncn(CC(=O)Nc2cccc(I)c2)n1. The van der Waals surface area contributed by atoms with Crippen LogP contribution < -0.4 is 11.1 Å². The van der Waals surface area contributed by atoms with Crippen molar-refractivity contribution in [2.75, 3.05) is 11.1 Å². The van der Waals surface area contributed by atoms with Gasteiger partial charge >= 0.3 is 0 Å². The number of halogens is 1. The quantitative estimate of drug-likeness (QED) is 0.818. The third-order valence-electron chi connectivity index (χ3n) is 1.97. The molecule has 1 heterocycles. The van der Waals surface area contributed by atoms with Crippen molar-refractivity contribution in [1.29, 1.82) is 0 Å². The molecule has 1 amide bonds. The first-order valence-corrected chi connectivity index (χ1v) is 5.92. The molecule has 0 aliphatic rings. The normalized spacial score (nSPS) is 10.2. The second-order valence-electron chi connectivity index (χ2n) is 3.36. The highest BCUT2D eigenvalue weighted by Gasteiger charge is 2.05. The van der Waals surface area contributed by atoms with E-state index < -0.39 is 0 Å². The zero-order valence-electron chi connectivity index (χ0n) is 8.80. The number of nitrogens with zero attached hydrogens (tertiary/aromatic N) is 3. The van der Waals surface area contributed by atoms with Crippen molar-refractivity contribution >= 4 is 40.1 Å². The first kappa shape index (κ1) is 11.8. The molecule has 7 heteroatoms. The molecule has 0 saturated heterocycles. The van der Waals surface area contributed by atoms with E-state index >= 15 is 0 Å². The van der Waals surface area contributed by atoms with Crippen LogP contribution in [-0.2, 0) is 11.3 Å². The highest BCUT2D eigenvalue weighted by molar-refractivity contribution is 14.1. The Morgan fingerprint density at radius 2 is 2.35 bits per heavy atom. The number of aromatic nitrogens is 3. The van der Waals surface area contributed by atoms with Crippen LogP contribution in [0.4, 0.5) is 11.6 Å². The van der Waals surface area contributed by atoms with E-state index in [0.29, 0.717) is 0 Å². The van der Waals surface area contributed by atoms with Gasteiger partial charge in [-0.2, -0.15) is 0 Å². The van der Waals surface area contributed by atoms with Crippen molar-refractivity contribution in [2.24, 2.45) is 0 Å². The van der Waals surface area contributed by atoms with Crippen molar-refractivity contribution in [3.63, 3.8) is 0 Å². The molecule has 0 atom stereocenters. The van der Waals surface area contributed by atoms with Gasteiger partial charge in [-0.15, -0.1) is 5.10 Å². The van der Waals surface area contributed by atoms with Crippen LogP contribution in [0.3, 0.4) is 0 Å². The van der Waals surface area contributed by atoms with Crippen LogP contribution in [0.5, 0.6) is 0 Å². The van der Waals surface area contributed by atoms with Crippen molar-refractivity contribution in [1.82, 2.24) is 14.8 Å². The average molecular weight is 343 g/mol. The lowest BCUT2D eigenvalue weighted by molar-refractivity contribution is -0.116. The third kappa shape index (κ3) is 3.41. The molecule has 0 aliphatic heterocycles. The van der Waals surface area contributed by atoms with Gasteiger partial charge < -0.3 is 11.1 Å². The summed E-state index contributed by atoms with van der Waals surface area (Å²) in [4.78, 5) is 15.4. The highest BCUT2D eigenvalue weighted by atomic mass is 127. The average Bonchev–Trinajstić information content (AvgIpc) is 2.63. The number of carbonyl (C=O) groups excluding carboxylic acids is 1. The Bertz CT molecular complexity index is 539. The van der Waals surface area contributed by atoms with Gasteiger partial charge in [0.1, 0.15) is 12.9 Å². The summed E-state index contributed by atoms with van der Waals surface area (Å²) in [6, 6.07) is 7.54. The number of amides is 1. The van der Waals surface area contributed by atoms with Gasteiger partial charge in [0.2, 0.25) is 11.9 Å². The molecule has 0 unspecified atom stereocenters. The van der Waals surface area contributed by atoms with Crippen LogP contribution in [0, 0.1) is 3.57 Å². The summed E-state index contributed by atoms with van der Waals surface area (Å²) in [7, 11) is 0. The molecule has 6 nitrogen and oxygen atoms in total. The van der Waals surface area contributed by atoms with Crippen molar-refractivity contribution < 1.29 is 4.79 Å². The number of nitrogens with one attached hydrogen (secondary N) is 1. The molecule has 2 rings (SSSR count). The van der Waals surface area contributed by atoms with Gasteiger partial charge in [0.15, 0.2) is 0 Å². The Morgan fingerprint density at radius 1 is 1.53 bits per heavy atom. The zero-order valence-corrected chi connectivity index (χ0v) is 11.0. The Labute approximate surface area is 111 Å². The van der Waals surface area contributed by atoms with Gasteiger partial charge in [0.25, 0.3) is 0 Å². The molecule has 0 saturated carbocycles. The van der Waals surface area contributed by atoms with Gasteiger partial charge in [-0.05, 0) is 40.8 Å². The van der Waals surface area contributed by atoms with Gasteiger partial charge in [0.05, 0.1) is 0 Å². The lowest BCUT2D eigenvalue weighted by Gasteiger charge is -2.05. The minimum atomic E-state index is -0.170. The number of hydrogen-bond donors (Lipinski definition) is 2. The standard InChI is InChI=1S/C10H10IN5O/c11-7-2-1-3-8(4-7)14-9(17)5-16-6-13-10(12)15-16/h1-4,6H,5H2,(H2,12,15)(H,14,17). The molecule has 0 aliphatic carbocycles. The topological polar surface area (TPSA) is 85.8 Å². The number of hydrogen-bond acceptors (Lipinski definition) is 4. The Morgan fingerprint density at radius 3 is 3.00 bits per heavy atom. The molecular weight excluding hydrogens is 333 g/mol. The fourth-order valence-corrected chi connectivity index (χ4v) is 1.84. The predicted octanol–water partition coefficient (Wildman–Crippen LogP) is 1.10. The first-order chi connectivity index (χ1) is 8.13. The maximum atomic E-state index is 11.7. The third-order valence-corrected chi connectivity index (χ3v) is 2.64. The van der Waals surface area contributed by atoms with Crippen LogP contribution >= 0.6 is 22.6 Å². The summed E-state index contributed by atoms with van der Waals surface area (Å²) in [5.41, 5.74) is 6.11. The van der Waals surface area contributed by atoms with Crippen LogP contribution in [0.15, 0.2) is 30.6 Å². The van der Waals surface area contributed by atoms with E-state index in [2.05, 4.69) is 38.0 Å². The highest BCUT2D eigenvalue weighted by Crippen LogP contribution is 2.12. The molecule has 88 valence electrons. The lowest BCUT2D eigenvalue weighted by atomic mass is 10.3. The summed E-state index contributed by atoms with van der Waals surface area (Å²) < 4.78 is 2.45. The van der Waals surface area contributed by atoms with Gasteiger partial charge in [-0.25, -0.2) is 9.67 Å². The predicted molar refractivity (Wildman–Crippen MR) is 72.2 cm³/mol. The molecule has 0 fully saturated rings. The van der Waals surface area contributed by atoms with Crippen LogP contribution in [0.2, 0.25) is 0 Å². The molecule has 17 heavy (non-hydrogen) atoms. The minimum Gasteiger partial charge on any atom is -0.367 e. The molecule has 0 spiro atoms. The van der Waals surface area contributed by atoms with Gasteiger partial charge in [-0.3, -0.25) is 4.79 Å².